The van der Waals surface area contributed by atoms with Crippen LogP contribution in [0.4, 0.5) is 5.69 Å². The Morgan fingerprint density at radius 3 is 2.81 bits per heavy atom. The Labute approximate surface area is 185 Å². The molecular weight excluding hydrogens is 400 g/mol. The number of imidazole rings is 1. The number of nitrogens with zero attached hydrogens (tertiary/aromatic N) is 6. The lowest BCUT2D eigenvalue weighted by Gasteiger charge is -2.13. The van der Waals surface area contributed by atoms with E-state index in [1.54, 1.807) is 6.33 Å². The average molecular weight is 422 g/mol. The van der Waals surface area contributed by atoms with Crippen molar-refractivity contribution in [3.8, 4) is 17.5 Å². The lowest BCUT2D eigenvalue weighted by Crippen LogP contribution is -2.07. The smallest absolute Gasteiger partial charge is 0.138 e. The molecule has 0 saturated carbocycles. The van der Waals surface area contributed by atoms with Gasteiger partial charge in [-0.15, -0.1) is 0 Å². The third-order valence-corrected chi connectivity index (χ3v) is 5.44. The zero-order valence-corrected chi connectivity index (χ0v) is 17.7. The Kier molecular flexibility index (Phi) is 5.22. The van der Waals surface area contributed by atoms with Gasteiger partial charge in [0, 0.05) is 24.0 Å². The summed E-state index contributed by atoms with van der Waals surface area (Å²) in [5.41, 5.74) is 6.70. The Balaban J connectivity index is 1.45. The number of aryl methyl sites for hydroxylation is 2. The van der Waals surface area contributed by atoms with Gasteiger partial charge in [-0.1, -0.05) is 18.2 Å². The zero-order valence-electron chi connectivity index (χ0n) is 17.7. The SMILES string of the molecule is Cc1cccc(-c2[nH]c(CNc3ccc(CC#N)cc3)nc2C2=Cn3ncnc3CC2)n1. The summed E-state index contributed by atoms with van der Waals surface area (Å²) in [5.74, 6) is 1.78. The Bertz CT molecular complexity index is 1320. The molecule has 1 aliphatic rings. The Hall–Kier alpha value is -4.25. The predicted octanol–water partition coefficient (Wildman–Crippen LogP) is 3.99. The first-order valence-corrected chi connectivity index (χ1v) is 10.5. The molecule has 1 aliphatic heterocycles. The molecule has 1 aromatic carbocycles. The molecule has 8 nitrogen and oxygen atoms in total. The first kappa shape index (κ1) is 19.7. The molecule has 3 aromatic heterocycles. The minimum Gasteiger partial charge on any atom is -0.378 e. The molecule has 4 heterocycles. The van der Waals surface area contributed by atoms with Crippen LogP contribution in [-0.4, -0.2) is 29.7 Å². The number of allylic oxidation sites excluding steroid dienone is 1. The highest BCUT2D eigenvalue weighted by molar-refractivity contribution is 5.82. The van der Waals surface area contributed by atoms with Crippen LogP contribution in [0.15, 0.2) is 48.8 Å². The van der Waals surface area contributed by atoms with Gasteiger partial charge in [0.1, 0.15) is 18.0 Å². The number of H-pyrrole nitrogens is 1. The van der Waals surface area contributed by atoms with Crippen molar-refractivity contribution in [2.75, 3.05) is 5.32 Å². The lowest BCUT2D eigenvalue weighted by molar-refractivity contribution is 0.789. The van der Waals surface area contributed by atoms with Gasteiger partial charge >= 0.3 is 0 Å². The standard InChI is InChI=1S/C24H22N8/c1-16-3-2-4-20(29-16)24-23(18-7-10-22-27-15-28-32(22)14-18)30-21(31-24)13-26-19-8-5-17(6-9-19)11-12-25/h2-6,8-9,14-15,26H,7,10-11,13H2,1H3,(H,30,31). The molecule has 4 aromatic rings. The van der Waals surface area contributed by atoms with Crippen LogP contribution < -0.4 is 5.32 Å². The Morgan fingerprint density at radius 2 is 2.00 bits per heavy atom. The number of anilines is 1. The summed E-state index contributed by atoms with van der Waals surface area (Å²) in [4.78, 5) is 17.4. The molecule has 0 fully saturated rings. The van der Waals surface area contributed by atoms with Gasteiger partial charge in [-0.05, 0) is 48.7 Å². The second-order valence-electron chi connectivity index (χ2n) is 7.73. The predicted molar refractivity (Wildman–Crippen MR) is 122 cm³/mol. The van der Waals surface area contributed by atoms with Crippen molar-refractivity contribution >= 4 is 17.5 Å². The monoisotopic (exact) mass is 422 g/mol. The molecule has 8 heteroatoms. The van der Waals surface area contributed by atoms with Gasteiger partial charge < -0.3 is 10.3 Å². The maximum Gasteiger partial charge on any atom is 0.138 e. The third kappa shape index (κ3) is 4.01. The second-order valence-corrected chi connectivity index (χ2v) is 7.73. The van der Waals surface area contributed by atoms with Crippen molar-refractivity contribution in [2.24, 2.45) is 0 Å². The molecule has 0 radical (unpaired) electrons. The van der Waals surface area contributed by atoms with Crippen molar-refractivity contribution in [2.45, 2.75) is 32.7 Å². The van der Waals surface area contributed by atoms with Gasteiger partial charge in [0.15, 0.2) is 0 Å². The average Bonchev–Trinajstić information content (AvgIpc) is 3.45. The number of fused-ring (bicyclic) bond motifs is 1. The van der Waals surface area contributed by atoms with Crippen molar-refractivity contribution in [3.05, 3.63) is 77.4 Å². The highest BCUT2D eigenvalue weighted by Crippen LogP contribution is 2.31. The molecular formula is C24H22N8. The number of nitrogens with one attached hydrogen (secondary N) is 2. The molecule has 32 heavy (non-hydrogen) atoms. The molecule has 0 spiro atoms. The van der Waals surface area contributed by atoms with E-state index in [4.69, 9.17) is 15.2 Å². The second kappa shape index (κ2) is 8.47. The van der Waals surface area contributed by atoms with Gasteiger partial charge in [0.05, 0.1) is 36.1 Å². The summed E-state index contributed by atoms with van der Waals surface area (Å²) < 4.78 is 1.82. The highest BCUT2D eigenvalue weighted by Gasteiger charge is 2.21. The fraction of sp³-hybridized carbons (Fsp3) is 0.208. The number of aromatic nitrogens is 6. The number of hydrogen-bond donors (Lipinski definition) is 2. The third-order valence-electron chi connectivity index (χ3n) is 5.44. The fourth-order valence-corrected chi connectivity index (χ4v) is 3.82. The van der Waals surface area contributed by atoms with Crippen LogP contribution >= 0.6 is 0 Å². The van der Waals surface area contributed by atoms with Crippen LogP contribution in [0.2, 0.25) is 0 Å². The summed E-state index contributed by atoms with van der Waals surface area (Å²) in [5, 5.41) is 16.5. The van der Waals surface area contributed by atoms with Gasteiger partial charge in [0.25, 0.3) is 0 Å². The first-order chi connectivity index (χ1) is 15.7. The molecule has 0 unspecified atom stereocenters. The highest BCUT2D eigenvalue weighted by atomic mass is 15.3. The van der Waals surface area contributed by atoms with E-state index in [1.807, 2.05) is 60.3 Å². The molecule has 0 atom stereocenters. The van der Waals surface area contributed by atoms with E-state index in [2.05, 4.69) is 26.5 Å². The van der Waals surface area contributed by atoms with E-state index in [9.17, 15) is 0 Å². The number of hydrogen-bond acceptors (Lipinski definition) is 6. The molecule has 0 saturated heterocycles. The minimum absolute atomic E-state index is 0.414. The van der Waals surface area contributed by atoms with E-state index >= 15 is 0 Å². The first-order valence-electron chi connectivity index (χ1n) is 10.5. The van der Waals surface area contributed by atoms with Crippen LogP contribution in [0.25, 0.3) is 23.2 Å². The minimum atomic E-state index is 0.414. The molecule has 0 bridgehead atoms. The van der Waals surface area contributed by atoms with Crippen molar-refractivity contribution in [1.82, 2.24) is 29.7 Å². The van der Waals surface area contributed by atoms with E-state index in [1.165, 1.54) is 0 Å². The van der Waals surface area contributed by atoms with Crippen LogP contribution in [-0.2, 0) is 19.4 Å². The van der Waals surface area contributed by atoms with E-state index < -0.39 is 0 Å². The maximum absolute atomic E-state index is 8.83. The molecule has 2 N–H and O–H groups in total. The molecule has 158 valence electrons. The van der Waals surface area contributed by atoms with Crippen LogP contribution in [0.3, 0.4) is 0 Å². The lowest BCUT2D eigenvalue weighted by atomic mass is 10.0. The van der Waals surface area contributed by atoms with Crippen molar-refractivity contribution < 1.29 is 0 Å². The molecule has 5 rings (SSSR count). The van der Waals surface area contributed by atoms with E-state index in [0.29, 0.717) is 13.0 Å². The maximum atomic E-state index is 8.83. The summed E-state index contributed by atoms with van der Waals surface area (Å²) in [6.07, 6.45) is 5.67. The van der Waals surface area contributed by atoms with Crippen molar-refractivity contribution in [3.63, 3.8) is 0 Å². The van der Waals surface area contributed by atoms with Gasteiger partial charge in [0.2, 0.25) is 0 Å². The summed E-state index contributed by atoms with van der Waals surface area (Å²) in [6.45, 7) is 2.53. The summed E-state index contributed by atoms with van der Waals surface area (Å²) in [7, 11) is 0. The Morgan fingerprint density at radius 1 is 1.12 bits per heavy atom. The fourth-order valence-electron chi connectivity index (χ4n) is 3.82. The number of aromatic amines is 1. The summed E-state index contributed by atoms with van der Waals surface area (Å²) >= 11 is 0. The molecule has 0 aliphatic carbocycles. The zero-order chi connectivity index (χ0) is 21.9. The van der Waals surface area contributed by atoms with Gasteiger partial charge in [-0.25, -0.2) is 14.6 Å². The number of rotatable bonds is 6. The van der Waals surface area contributed by atoms with Crippen molar-refractivity contribution in [1.29, 1.82) is 5.26 Å². The van der Waals surface area contributed by atoms with E-state index in [0.717, 1.165) is 64.1 Å². The quantitative estimate of drug-likeness (QED) is 0.486. The van der Waals surface area contributed by atoms with Gasteiger partial charge in [-0.3, -0.25) is 4.98 Å². The van der Waals surface area contributed by atoms with E-state index in [-0.39, 0.29) is 0 Å². The van der Waals surface area contributed by atoms with Gasteiger partial charge in [-0.2, -0.15) is 10.4 Å². The number of benzene rings is 1. The molecule has 0 amide bonds. The van der Waals surface area contributed by atoms with Crippen LogP contribution in [0, 0.1) is 18.3 Å². The van der Waals surface area contributed by atoms with Crippen LogP contribution in [0.1, 0.15) is 35.0 Å². The normalized spacial score (nSPS) is 12.7. The largest absolute Gasteiger partial charge is 0.378 e. The van der Waals surface area contributed by atoms with Crippen LogP contribution in [0.5, 0.6) is 0 Å². The number of nitriles is 1. The number of pyridine rings is 1. The summed E-state index contributed by atoms with van der Waals surface area (Å²) in [6, 6.07) is 16.0. The topological polar surface area (TPSA) is 108 Å².